The topological polar surface area (TPSA) is 32.9 Å². The smallest absolute Gasteiger partial charge is 0.250 e. The van der Waals surface area contributed by atoms with E-state index in [-0.39, 0.29) is 5.56 Å². The van der Waals surface area contributed by atoms with Gasteiger partial charge in [0.05, 0.1) is 0 Å². The van der Waals surface area contributed by atoms with E-state index in [1.165, 1.54) is 0 Å². The minimum absolute atomic E-state index is 0.0296. The van der Waals surface area contributed by atoms with E-state index in [0.29, 0.717) is 5.75 Å². The number of hydrogen-bond acceptors (Lipinski definition) is 2. The maximum Gasteiger partial charge on any atom is 0.250 e. The molecule has 0 bridgehead atoms. The van der Waals surface area contributed by atoms with Crippen LogP contribution in [0.5, 0.6) is 0 Å². The molecule has 0 aliphatic rings. The summed E-state index contributed by atoms with van der Waals surface area (Å²) >= 11 is 4.04. The summed E-state index contributed by atoms with van der Waals surface area (Å²) in [5.74, 6) is 0.707. The molecule has 0 saturated carbocycles. The second kappa shape index (κ2) is 4.16. The lowest BCUT2D eigenvalue weighted by molar-refractivity contribution is 1.17. The molecule has 3 heteroatoms. The van der Waals surface area contributed by atoms with Crippen LogP contribution in [0.3, 0.4) is 0 Å². The van der Waals surface area contributed by atoms with E-state index in [2.05, 4.69) is 17.6 Å². The lowest BCUT2D eigenvalue weighted by Crippen LogP contribution is -2.07. The zero-order chi connectivity index (χ0) is 8.97. The Morgan fingerprint density at radius 3 is 3.00 bits per heavy atom. The van der Waals surface area contributed by atoms with E-state index in [1.54, 1.807) is 13.1 Å². The quantitative estimate of drug-likeness (QED) is 0.668. The molecule has 1 heterocycles. The maximum atomic E-state index is 11.0. The van der Waals surface area contributed by atoms with Crippen LogP contribution >= 0.6 is 12.6 Å². The fraction of sp³-hybridized carbons (Fsp3) is 0.222. The standard InChI is InChI=1S/C9H11NOS/c1-7-5-8(3-2-4-12)6-10-9(7)11/h2-3,5-6,12H,4H2,1H3,(H,10,11). The van der Waals surface area contributed by atoms with Crippen molar-refractivity contribution in [3.8, 4) is 0 Å². The van der Waals surface area contributed by atoms with E-state index in [1.807, 2.05) is 18.2 Å². The van der Waals surface area contributed by atoms with E-state index in [9.17, 15) is 4.79 Å². The largest absolute Gasteiger partial charge is 0.328 e. The van der Waals surface area contributed by atoms with Crippen LogP contribution in [0.2, 0.25) is 0 Å². The van der Waals surface area contributed by atoms with Gasteiger partial charge < -0.3 is 4.98 Å². The fourth-order valence-corrected chi connectivity index (χ4v) is 1.01. The summed E-state index contributed by atoms with van der Waals surface area (Å²) in [6, 6.07) is 1.85. The first-order valence-electron chi connectivity index (χ1n) is 3.71. The monoisotopic (exact) mass is 181 g/mol. The van der Waals surface area contributed by atoms with Crippen molar-refractivity contribution in [1.29, 1.82) is 0 Å². The first kappa shape index (κ1) is 9.13. The lowest BCUT2D eigenvalue weighted by Gasteiger charge is -1.93. The van der Waals surface area contributed by atoms with Crippen LogP contribution < -0.4 is 5.56 Å². The van der Waals surface area contributed by atoms with E-state index >= 15 is 0 Å². The van der Waals surface area contributed by atoms with Crippen molar-refractivity contribution in [3.05, 3.63) is 39.8 Å². The summed E-state index contributed by atoms with van der Waals surface area (Å²) in [6.45, 7) is 1.79. The van der Waals surface area contributed by atoms with Gasteiger partial charge in [0.1, 0.15) is 0 Å². The van der Waals surface area contributed by atoms with Gasteiger partial charge in [-0.3, -0.25) is 4.79 Å². The highest BCUT2D eigenvalue weighted by Gasteiger charge is 1.91. The number of aromatic nitrogens is 1. The second-order valence-electron chi connectivity index (χ2n) is 2.53. The average molecular weight is 181 g/mol. The Labute approximate surface area is 76.7 Å². The van der Waals surface area contributed by atoms with Gasteiger partial charge >= 0.3 is 0 Å². The van der Waals surface area contributed by atoms with Crippen molar-refractivity contribution in [3.63, 3.8) is 0 Å². The molecule has 0 aliphatic heterocycles. The molecule has 0 atom stereocenters. The molecule has 0 aliphatic carbocycles. The van der Waals surface area contributed by atoms with Crippen molar-refractivity contribution in [2.75, 3.05) is 5.75 Å². The molecule has 2 nitrogen and oxygen atoms in total. The highest BCUT2D eigenvalue weighted by Crippen LogP contribution is 2.00. The summed E-state index contributed by atoms with van der Waals surface area (Å²) in [4.78, 5) is 13.6. The van der Waals surface area contributed by atoms with Gasteiger partial charge in [-0.1, -0.05) is 12.2 Å². The predicted molar refractivity (Wildman–Crippen MR) is 54.7 cm³/mol. The molecule has 0 radical (unpaired) electrons. The normalized spacial score (nSPS) is 10.8. The summed E-state index contributed by atoms with van der Waals surface area (Å²) in [5.41, 5.74) is 1.70. The molecule has 0 saturated heterocycles. The Balaban J connectivity index is 2.97. The Bertz CT molecular complexity index is 341. The molecule has 1 N–H and O–H groups in total. The van der Waals surface area contributed by atoms with Crippen LogP contribution in [0.25, 0.3) is 6.08 Å². The number of H-pyrrole nitrogens is 1. The summed E-state index contributed by atoms with van der Waals surface area (Å²) in [5, 5.41) is 0. The number of rotatable bonds is 2. The Hall–Kier alpha value is -0.960. The minimum atomic E-state index is -0.0296. The first-order chi connectivity index (χ1) is 5.74. The Morgan fingerprint density at radius 2 is 2.42 bits per heavy atom. The molecule has 64 valence electrons. The van der Waals surface area contributed by atoms with Gasteiger partial charge in [0.2, 0.25) is 0 Å². The third-order valence-electron chi connectivity index (χ3n) is 1.53. The predicted octanol–water partition coefficient (Wildman–Crippen LogP) is 1.63. The molecule has 1 rings (SSSR count). The molecular weight excluding hydrogens is 170 g/mol. The number of hydrogen-bond donors (Lipinski definition) is 2. The average Bonchev–Trinajstić information content (AvgIpc) is 2.07. The van der Waals surface area contributed by atoms with E-state index in [0.717, 1.165) is 11.1 Å². The van der Waals surface area contributed by atoms with Crippen molar-refractivity contribution >= 4 is 18.7 Å². The fourth-order valence-electron chi connectivity index (χ4n) is 0.905. The summed E-state index contributed by atoms with van der Waals surface area (Å²) in [7, 11) is 0. The third-order valence-corrected chi connectivity index (χ3v) is 1.74. The first-order valence-corrected chi connectivity index (χ1v) is 4.34. The molecule has 0 fully saturated rings. The number of nitrogens with one attached hydrogen (secondary N) is 1. The third kappa shape index (κ3) is 2.27. The van der Waals surface area contributed by atoms with Crippen molar-refractivity contribution in [2.24, 2.45) is 0 Å². The van der Waals surface area contributed by atoms with E-state index in [4.69, 9.17) is 0 Å². The van der Waals surface area contributed by atoms with Crippen LogP contribution in [0.15, 0.2) is 23.1 Å². The van der Waals surface area contributed by atoms with Gasteiger partial charge in [0.15, 0.2) is 0 Å². The van der Waals surface area contributed by atoms with E-state index < -0.39 is 0 Å². The highest BCUT2D eigenvalue weighted by molar-refractivity contribution is 7.80. The minimum Gasteiger partial charge on any atom is -0.328 e. The molecule has 0 spiro atoms. The van der Waals surface area contributed by atoms with Gasteiger partial charge in [-0.15, -0.1) is 0 Å². The molecule has 0 amide bonds. The van der Waals surface area contributed by atoms with Crippen LogP contribution in [0.4, 0.5) is 0 Å². The van der Waals surface area contributed by atoms with Gasteiger partial charge in [-0.05, 0) is 18.6 Å². The molecule has 0 unspecified atom stereocenters. The molecule has 12 heavy (non-hydrogen) atoms. The molecule has 1 aromatic heterocycles. The SMILES string of the molecule is Cc1cc(C=CCS)c[nH]c1=O. The van der Waals surface area contributed by atoms with Gasteiger partial charge in [-0.2, -0.15) is 12.6 Å². The Kier molecular flexibility index (Phi) is 3.17. The number of pyridine rings is 1. The zero-order valence-corrected chi connectivity index (χ0v) is 7.77. The number of aryl methyl sites for hydroxylation is 1. The van der Waals surface area contributed by atoms with Crippen molar-refractivity contribution in [2.45, 2.75) is 6.92 Å². The number of thiol groups is 1. The molecular formula is C9H11NOS. The van der Waals surface area contributed by atoms with Crippen LogP contribution in [0.1, 0.15) is 11.1 Å². The van der Waals surface area contributed by atoms with Gasteiger partial charge in [0.25, 0.3) is 5.56 Å². The maximum absolute atomic E-state index is 11.0. The molecule has 0 aromatic carbocycles. The van der Waals surface area contributed by atoms with Crippen LogP contribution in [-0.4, -0.2) is 10.7 Å². The highest BCUT2D eigenvalue weighted by atomic mass is 32.1. The van der Waals surface area contributed by atoms with Crippen molar-refractivity contribution < 1.29 is 0 Å². The number of aromatic amines is 1. The summed E-state index contributed by atoms with van der Waals surface area (Å²) in [6.07, 6.45) is 5.54. The zero-order valence-electron chi connectivity index (χ0n) is 6.87. The Morgan fingerprint density at radius 1 is 1.67 bits per heavy atom. The van der Waals surface area contributed by atoms with Crippen LogP contribution in [-0.2, 0) is 0 Å². The van der Waals surface area contributed by atoms with Crippen molar-refractivity contribution in [1.82, 2.24) is 4.98 Å². The summed E-state index contributed by atoms with van der Waals surface area (Å²) < 4.78 is 0. The second-order valence-corrected chi connectivity index (χ2v) is 2.90. The van der Waals surface area contributed by atoms with Crippen LogP contribution in [0, 0.1) is 6.92 Å². The van der Waals surface area contributed by atoms with Gasteiger partial charge in [0, 0.05) is 17.5 Å². The van der Waals surface area contributed by atoms with Gasteiger partial charge in [-0.25, -0.2) is 0 Å². The molecule has 1 aromatic rings. The lowest BCUT2D eigenvalue weighted by atomic mass is 10.2.